The van der Waals surface area contributed by atoms with E-state index in [2.05, 4.69) is 19.1 Å². The van der Waals surface area contributed by atoms with Crippen LogP contribution in [0.15, 0.2) is 41.2 Å². The first kappa shape index (κ1) is 15.9. The second-order valence-electron chi connectivity index (χ2n) is 5.43. The first-order valence-electron chi connectivity index (χ1n) is 7.78. The van der Waals surface area contributed by atoms with E-state index in [9.17, 15) is 4.79 Å². The number of nitrogens with zero attached hydrogens (tertiary/aromatic N) is 2. The molecule has 23 heavy (non-hydrogen) atoms. The lowest BCUT2D eigenvalue weighted by atomic mass is 10.1. The molecule has 0 bridgehead atoms. The van der Waals surface area contributed by atoms with Gasteiger partial charge in [0.15, 0.2) is 0 Å². The largest absolute Gasteiger partial charge is 0.383 e. The summed E-state index contributed by atoms with van der Waals surface area (Å²) in [5.74, 6) is 0.801. The summed E-state index contributed by atoms with van der Waals surface area (Å²) in [5.41, 5.74) is 1.19. The highest BCUT2D eigenvalue weighted by atomic mass is 32.1. The molecule has 0 unspecified atom stereocenters. The second kappa shape index (κ2) is 7.06. The van der Waals surface area contributed by atoms with Crippen molar-refractivity contribution in [1.29, 1.82) is 0 Å². The van der Waals surface area contributed by atoms with Gasteiger partial charge in [-0.3, -0.25) is 9.36 Å². The van der Waals surface area contributed by atoms with Crippen LogP contribution in [0.2, 0.25) is 0 Å². The summed E-state index contributed by atoms with van der Waals surface area (Å²) < 4.78 is 6.91. The first-order valence-corrected chi connectivity index (χ1v) is 8.59. The number of ether oxygens (including phenoxy) is 1. The summed E-state index contributed by atoms with van der Waals surface area (Å²) in [7, 11) is 1.65. The van der Waals surface area contributed by atoms with Gasteiger partial charge in [-0.25, -0.2) is 4.98 Å². The minimum absolute atomic E-state index is 0.0360. The van der Waals surface area contributed by atoms with Gasteiger partial charge in [0.1, 0.15) is 10.7 Å². The van der Waals surface area contributed by atoms with Gasteiger partial charge in [-0.1, -0.05) is 37.3 Å². The maximum Gasteiger partial charge on any atom is 0.262 e. The lowest BCUT2D eigenvalue weighted by Crippen LogP contribution is -2.26. The summed E-state index contributed by atoms with van der Waals surface area (Å²) >= 11 is 1.61. The molecule has 5 heteroatoms. The van der Waals surface area contributed by atoms with Gasteiger partial charge in [0.2, 0.25) is 0 Å². The standard InChI is InChI=1S/C18H20N2O2S/c1-3-14-12-15-17(23-14)19-16(11-13-7-5-4-6-8-13)20(18(15)21)9-10-22-2/h4-8,12H,3,9-11H2,1-2H3. The number of aromatic nitrogens is 2. The van der Waals surface area contributed by atoms with E-state index in [-0.39, 0.29) is 5.56 Å². The Hall–Kier alpha value is -1.98. The number of thiophene rings is 1. The Kier molecular flexibility index (Phi) is 4.88. The molecule has 0 atom stereocenters. The summed E-state index contributed by atoms with van der Waals surface area (Å²) in [4.78, 5) is 19.7. The molecule has 3 rings (SSSR count). The highest BCUT2D eigenvalue weighted by Crippen LogP contribution is 2.22. The summed E-state index contributed by atoms with van der Waals surface area (Å²) in [6.45, 7) is 3.12. The third-order valence-corrected chi connectivity index (χ3v) is 5.03. The van der Waals surface area contributed by atoms with E-state index in [4.69, 9.17) is 9.72 Å². The van der Waals surface area contributed by atoms with Gasteiger partial charge in [-0.05, 0) is 18.1 Å². The Morgan fingerprint density at radius 1 is 1.26 bits per heavy atom. The topological polar surface area (TPSA) is 44.1 Å². The number of rotatable bonds is 6. The van der Waals surface area contributed by atoms with Crippen LogP contribution in [0.25, 0.3) is 10.2 Å². The number of hydrogen-bond donors (Lipinski definition) is 0. The zero-order valence-electron chi connectivity index (χ0n) is 13.4. The van der Waals surface area contributed by atoms with Crippen molar-refractivity contribution in [2.45, 2.75) is 26.3 Å². The average Bonchev–Trinajstić information content (AvgIpc) is 2.99. The summed E-state index contributed by atoms with van der Waals surface area (Å²) in [6, 6.07) is 12.1. The predicted octanol–water partition coefficient (Wildman–Crippen LogP) is 3.26. The molecule has 120 valence electrons. The summed E-state index contributed by atoms with van der Waals surface area (Å²) in [6.07, 6.45) is 1.57. The van der Waals surface area contributed by atoms with Gasteiger partial charge in [0.05, 0.1) is 18.5 Å². The minimum atomic E-state index is 0.0360. The number of fused-ring (bicyclic) bond motifs is 1. The third kappa shape index (κ3) is 3.35. The number of hydrogen-bond acceptors (Lipinski definition) is 4. The SMILES string of the molecule is CCc1cc2c(=O)n(CCOC)c(Cc3ccccc3)nc2s1. The predicted molar refractivity (Wildman–Crippen MR) is 94.4 cm³/mol. The molecule has 2 heterocycles. The second-order valence-corrected chi connectivity index (χ2v) is 6.54. The van der Waals surface area contributed by atoms with Crippen molar-refractivity contribution in [3.63, 3.8) is 0 Å². The van der Waals surface area contributed by atoms with Crippen molar-refractivity contribution in [3.8, 4) is 0 Å². The van der Waals surface area contributed by atoms with E-state index in [0.717, 1.165) is 28.0 Å². The Bertz CT molecular complexity index is 853. The number of benzene rings is 1. The van der Waals surface area contributed by atoms with Crippen LogP contribution in [0.3, 0.4) is 0 Å². The van der Waals surface area contributed by atoms with Crippen molar-refractivity contribution in [3.05, 3.63) is 63.0 Å². The molecular formula is C18H20N2O2S. The van der Waals surface area contributed by atoms with Crippen LogP contribution in [0.4, 0.5) is 0 Å². The highest BCUT2D eigenvalue weighted by molar-refractivity contribution is 7.18. The molecule has 1 aromatic carbocycles. The molecule has 0 saturated heterocycles. The van der Waals surface area contributed by atoms with E-state index in [0.29, 0.717) is 19.6 Å². The Morgan fingerprint density at radius 3 is 2.74 bits per heavy atom. The summed E-state index contributed by atoms with van der Waals surface area (Å²) in [5, 5.41) is 0.722. The van der Waals surface area contributed by atoms with Crippen LogP contribution < -0.4 is 5.56 Å². The van der Waals surface area contributed by atoms with E-state index >= 15 is 0 Å². The van der Waals surface area contributed by atoms with E-state index < -0.39 is 0 Å². The zero-order valence-corrected chi connectivity index (χ0v) is 14.2. The zero-order chi connectivity index (χ0) is 16.2. The Morgan fingerprint density at radius 2 is 2.04 bits per heavy atom. The van der Waals surface area contributed by atoms with Crippen molar-refractivity contribution < 1.29 is 4.74 Å². The van der Waals surface area contributed by atoms with Gasteiger partial charge in [-0.2, -0.15) is 0 Å². The molecule has 0 saturated carbocycles. The molecule has 0 spiro atoms. The molecule has 3 aromatic rings. The quantitative estimate of drug-likeness (QED) is 0.697. The van der Waals surface area contributed by atoms with E-state index in [1.807, 2.05) is 24.3 Å². The molecule has 0 amide bonds. The number of aryl methyl sites for hydroxylation is 1. The van der Waals surface area contributed by atoms with Crippen molar-refractivity contribution in [1.82, 2.24) is 9.55 Å². The first-order chi connectivity index (χ1) is 11.2. The lowest BCUT2D eigenvalue weighted by molar-refractivity contribution is 0.185. The van der Waals surface area contributed by atoms with Crippen LogP contribution in [0.5, 0.6) is 0 Å². The third-order valence-electron chi connectivity index (χ3n) is 3.85. The monoisotopic (exact) mass is 328 g/mol. The van der Waals surface area contributed by atoms with Crippen LogP contribution in [-0.2, 0) is 24.1 Å². The highest BCUT2D eigenvalue weighted by Gasteiger charge is 2.14. The van der Waals surface area contributed by atoms with Crippen molar-refractivity contribution >= 4 is 21.6 Å². The van der Waals surface area contributed by atoms with Gasteiger partial charge < -0.3 is 4.74 Å². The van der Waals surface area contributed by atoms with Crippen LogP contribution in [-0.4, -0.2) is 23.3 Å². The molecule has 0 radical (unpaired) electrons. The molecule has 0 aliphatic heterocycles. The molecule has 0 fully saturated rings. The van der Waals surface area contributed by atoms with Crippen molar-refractivity contribution in [2.75, 3.05) is 13.7 Å². The molecule has 4 nitrogen and oxygen atoms in total. The molecule has 0 N–H and O–H groups in total. The van der Waals surface area contributed by atoms with Crippen LogP contribution in [0.1, 0.15) is 23.2 Å². The van der Waals surface area contributed by atoms with Gasteiger partial charge in [0.25, 0.3) is 5.56 Å². The molecule has 2 aromatic heterocycles. The van der Waals surface area contributed by atoms with Crippen LogP contribution >= 0.6 is 11.3 Å². The van der Waals surface area contributed by atoms with E-state index in [1.54, 1.807) is 23.0 Å². The van der Waals surface area contributed by atoms with Gasteiger partial charge in [-0.15, -0.1) is 11.3 Å². The fourth-order valence-electron chi connectivity index (χ4n) is 2.61. The normalized spacial score (nSPS) is 11.2. The van der Waals surface area contributed by atoms with Gasteiger partial charge in [0, 0.05) is 18.4 Å². The fourth-order valence-corrected chi connectivity index (χ4v) is 3.59. The number of methoxy groups -OCH3 is 1. The molecular weight excluding hydrogens is 308 g/mol. The van der Waals surface area contributed by atoms with Crippen LogP contribution in [0, 0.1) is 0 Å². The Labute approximate surface area is 139 Å². The lowest BCUT2D eigenvalue weighted by Gasteiger charge is -2.12. The van der Waals surface area contributed by atoms with Crippen molar-refractivity contribution in [2.24, 2.45) is 0 Å². The maximum atomic E-state index is 12.8. The minimum Gasteiger partial charge on any atom is -0.383 e. The Balaban J connectivity index is 2.11. The maximum absolute atomic E-state index is 12.8. The average molecular weight is 328 g/mol. The van der Waals surface area contributed by atoms with Gasteiger partial charge >= 0.3 is 0 Å². The smallest absolute Gasteiger partial charge is 0.262 e. The molecule has 0 aliphatic rings. The molecule has 0 aliphatic carbocycles. The fraction of sp³-hybridized carbons (Fsp3) is 0.333. The van der Waals surface area contributed by atoms with E-state index in [1.165, 1.54) is 4.88 Å².